The molecular weight excluding hydrogens is 287 g/mol. The van der Waals surface area contributed by atoms with Crippen molar-refractivity contribution in [1.29, 1.82) is 0 Å². The lowest BCUT2D eigenvalue weighted by molar-refractivity contribution is 0.167. The van der Waals surface area contributed by atoms with Crippen molar-refractivity contribution in [3.63, 3.8) is 0 Å². The van der Waals surface area contributed by atoms with Gasteiger partial charge in [0.05, 0.1) is 27.9 Å². The number of amides is 2. The van der Waals surface area contributed by atoms with Gasteiger partial charge in [-0.2, -0.15) is 0 Å². The molecule has 1 rings (SSSR count). The molecule has 0 saturated carbocycles. The zero-order valence-corrected chi connectivity index (χ0v) is 12.5. The van der Waals surface area contributed by atoms with E-state index in [2.05, 4.69) is 10.6 Å². The van der Waals surface area contributed by atoms with Crippen LogP contribution < -0.4 is 10.6 Å². The summed E-state index contributed by atoms with van der Waals surface area (Å²) in [6.07, 6.45) is 1.54. The summed E-state index contributed by atoms with van der Waals surface area (Å²) in [5.41, 5.74) is -0.215. The number of aliphatic hydroxyl groups excluding tert-OH is 1. The van der Waals surface area contributed by atoms with Gasteiger partial charge < -0.3 is 15.7 Å². The monoisotopic (exact) mass is 304 g/mol. The molecule has 0 aliphatic rings. The summed E-state index contributed by atoms with van der Waals surface area (Å²) in [4.78, 5) is 11.9. The quantitative estimate of drug-likeness (QED) is 0.777. The summed E-state index contributed by atoms with van der Waals surface area (Å²) in [6, 6.07) is 4.57. The van der Waals surface area contributed by atoms with E-state index in [1.165, 1.54) is 0 Å². The molecule has 1 aromatic rings. The Kier molecular flexibility index (Phi) is 5.91. The Bertz CT molecular complexity index is 454. The number of urea groups is 1. The lowest BCUT2D eigenvalue weighted by Gasteiger charge is -2.28. The van der Waals surface area contributed by atoms with Gasteiger partial charge in [0.25, 0.3) is 0 Å². The predicted molar refractivity (Wildman–Crippen MR) is 79.0 cm³/mol. The molecule has 0 saturated heterocycles. The topological polar surface area (TPSA) is 61.4 Å². The van der Waals surface area contributed by atoms with Crippen molar-refractivity contribution in [3.8, 4) is 0 Å². The molecule has 4 nitrogen and oxygen atoms in total. The number of halogens is 2. The van der Waals surface area contributed by atoms with Gasteiger partial charge in [-0.3, -0.25) is 0 Å². The number of hydrogen-bond acceptors (Lipinski definition) is 2. The summed E-state index contributed by atoms with van der Waals surface area (Å²) in [7, 11) is 0. The summed E-state index contributed by atoms with van der Waals surface area (Å²) >= 11 is 11.8. The van der Waals surface area contributed by atoms with Crippen molar-refractivity contribution in [2.24, 2.45) is 0 Å². The third kappa shape index (κ3) is 4.56. The lowest BCUT2D eigenvalue weighted by atomic mass is 9.98. The molecule has 0 aliphatic heterocycles. The summed E-state index contributed by atoms with van der Waals surface area (Å²) in [5, 5.41) is 15.4. The van der Waals surface area contributed by atoms with Crippen molar-refractivity contribution in [3.05, 3.63) is 28.2 Å². The van der Waals surface area contributed by atoms with Gasteiger partial charge in [0.15, 0.2) is 0 Å². The van der Waals surface area contributed by atoms with Crippen LogP contribution >= 0.6 is 23.2 Å². The van der Waals surface area contributed by atoms with Crippen LogP contribution in [0.15, 0.2) is 18.2 Å². The van der Waals surface area contributed by atoms with E-state index < -0.39 is 11.6 Å². The Morgan fingerprint density at radius 2 is 2.11 bits per heavy atom. The highest BCUT2D eigenvalue weighted by Gasteiger charge is 2.24. The second-order valence-electron chi connectivity index (χ2n) is 4.65. The van der Waals surface area contributed by atoms with Crippen molar-refractivity contribution < 1.29 is 9.90 Å². The molecule has 19 heavy (non-hydrogen) atoms. The molecule has 0 aromatic heterocycles. The molecule has 0 spiro atoms. The average molecular weight is 305 g/mol. The van der Waals surface area contributed by atoms with E-state index >= 15 is 0 Å². The minimum absolute atomic E-state index is 0.127. The predicted octanol–water partition coefficient (Wildman–Crippen LogP) is 3.67. The molecular formula is C13H18Cl2N2O2. The van der Waals surface area contributed by atoms with Gasteiger partial charge in [-0.25, -0.2) is 4.79 Å². The first kappa shape index (κ1) is 16.1. The van der Waals surface area contributed by atoms with Crippen LogP contribution in [0.3, 0.4) is 0 Å². The van der Waals surface area contributed by atoms with Crippen LogP contribution in [0.2, 0.25) is 10.0 Å². The lowest BCUT2D eigenvalue weighted by Crippen LogP contribution is -2.50. The fourth-order valence-corrected chi connectivity index (χ4v) is 2.11. The summed E-state index contributed by atoms with van der Waals surface area (Å²) < 4.78 is 0. The number of aliphatic hydroxyl groups is 1. The highest BCUT2D eigenvalue weighted by molar-refractivity contribution is 6.43. The van der Waals surface area contributed by atoms with E-state index in [4.69, 9.17) is 23.2 Å². The van der Waals surface area contributed by atoms with E-state index in [1.807, 2.05) is 6.92 Å². The maximum Gasteiger partial charge on any atom is 0.319 e. The maximum atomic E-state index is 11.9. The molecule has 1 atom stereocenters. The van der Waals surface area contributed by atoms with Crippen LogP contribution in [0, 0.1) is 0 Å². The number of rotatable bonds is 5. The van der Waals surface area contributed by atoms with Gasteiger partial charge in [0.1, 0.15) is 0 Å². The van der Waals surface area contributed by atoms with Crippen molar-refractivity contribution in [1.82, 2.24) is 5.32 Å². The molecule has 0 radical (unpaired) electrons. The first-order valence-electron chi connectivity index (χ1n) is 6.06. The van der Waals surface area contributed by atoms with Gasteiger partial charge in [-0.1, -0.05) is 42.6 Å². The zero-order chi connectivity index (χ0) is 14.5. The van der Waals surface area contributed by atoms with Crippen LogP contribution in [0.1, 0.15) is 26.7 Å². The Morgan fingerprint density at radius 1 is 1.42 bits per heavy atom. The maximum absolute atomic E-state index is 11.9. The van der Waals surface area contributed by atoms with E-state index in [1.54, 1.807) is 25.1 Å². The van der Waals surface area contributed by atoms with Crippen LogP contribution in [-0.4, -0.2) is 23.3 Å². The fourth-order valence-electron chi connectivity index (χ4n) is 1.76. The Labute approximate surface area is 123 Å². The first-order valence-corrected chi connectivity index (χ1v) is 6.81. The largest absolute Gasteiger partial charge is 0.394 e. The van der Waals surface area contributed by atoms with E-state index in [0.29, 0.717) is 22.2 Å². The molecule has 106 valence electrons. The third-order valence-corrected chi connectivity index (χ3v) is 3.58. The standard InChI is InChI=1S/C13H18Cl2N2O2/c1-3-7-13(2,8-18)17-12(19)16-10-6-4-5-9(14)11(10)15/h4-6,18H,3,7-8H2,1-2H3,(H2,16,17,19). The number of benzene rings is 1. The normalized spacial score (nSPS) is 13.7. The number of nitrogens with one attached hydrogen (secondary N) is 2. The second kappa shape index (κ2) is 6.98. The van der Waals surface area contributed by atoms with Gasteiger partial charge in [0.2, 0.25) is 0 Å². The molecule has 1 aromatic carbocycles. The molecule has 2 amide bonds. The highest BCUT2D eigenvalue weighted by atomic mass is 35.5. The van der Waals surface area contributed by atoms with Crippen LogP contribution in [0.4, 0.5) is 10.5 Å². The summed E-state index contributed by atoms with van der Waals surface area (Å²) in [5.74, 6) is 0. The van der Waals surface area contributed by atoms with Gasteiger partial charge >= 0.3 is 6.03 Å². The molecule has 0 aliphatic carbocycles. The van der Waals surface area contributed by atoms with Gasteiger partial charge in [-0.05, 0) is 25.5 Å². The number of carbonyl (C=O) groups is 1. The zero-order valence-electron chi connectivity index (χ0n) is 11.0. The molecule has 6 heteroatoms. The molecule has 3 N–H and O–H groups in total. The number of hydrogen-bond donors (Lipinski definition) is 3. The molecule has 0 fully saturated rings. The Morgan fingerprint density at radius 3 is 2.68 bits per heavy atom. The van der Waals surface area contributed by atoms with Crippen LogP contribution in [-0.2, 0) is 0 Å². The summed E-state index contributed by atoms with van der Waals surface area (Å²) in [6.45, 7) is 3.65. The highest BCUT2D eigenvalue weighted by Crippen LogP contribution is 2.29. The SMILES string of the molecule is CCCC(C)(CO)NC(=O)Nc1cccc(Cl)c1Cl. The van der Waals surface area contributed by atoms with E-state index in [9.17, 15) is 9.90 Å². The average Bonchev–Trinajstić information content (AvgIpc) is 2.35. The second-order valence-corrected chi connectivity index (χ2v) is 5.43. The minimum Gasteiger partial charge on any atom is -0.394 e. The minimum atomic E-state index is -0.649. The van der Waals surface area contributed by atoms with Crippen molar-refractivity contribution in [2.75, 3.05) is 11.9 Å². The molecule has 0 bridgehead atoms. The molecule has 0 heterocycles. The molecule has 1 unspecified atom stereocenters. The fraction of sp³-hybridized carbons (Fsp3) is 0.462. The Balaban J connectivity index is 2.72. The van der Waals surface area contributed by atoms with Crippen molar-refractivity contribution >= 4 is 34.9 Å². The number of anilines is 1. The van der Waals surface area contributed by atoms with Crippen LogP contribution in [0.5, 0.6) is 0 Å². The smallest absolute Gasteiger partial charge is 0.319 e. The van der Waals surface area contributed by atoms with E-state index in [0.717, 1.165) is 6.42 Å². The number of carbonyl (C=O) groups excluding carboxylic acids is 1. The van der Waals surface area contributed by atoms with Crippen LogP contribution in [0.25, 0.3) is 0 Å². The Hall–Kier alpha value is -0.970. The third-order valence-electron chi connectivity index (χ3n) is 2.77. The van der Waals surface area contributed by atoms with Gasteiger partial charge in [0, 0.05) is 0 Å². The first-order chi connectivity index (χ1) is 8.91. The van der Waals surface area contributed by atoms with Gasteiger partial charge in [-0.15, -0.1) is 0 Å². The van der Waals surface area contributed by atoms with Crippen molar-refractivity contribution in [2.45, 2.75) is 32.2 Å². The van der Waals surface area contributed by atoms with E-state index in [-0.39, 0.29) is 6.61 Å².